The zero-order chi connectivity index (χ0) is 16.1. The van der Waals surface area contributed by atoms with Gasteiger partial charge >= 0.3 is 5.97 Å². The molecule has 3 nitrogen and oxygen atoms in total. The molecular weight excluding hydrogens is 308 g/mol. The second kappa shape index (κ2) is 7.29. The van der Waals surface area contributed by atoms with Crippen molar-refractivity contribution in [3.63, 3.8) is 0 Å². The van der Waals surface area contributed by atoms with E-state index in [2.05, 4.69) is 4.74 Å². The molecule has 0 spiro atoms. The highest BCUT2D eigenvalue weighted by molar-refractivity contribution is 7.08. The van der Waals surface area contributed by atoms with Crippen LogP contribution >= 0.6 is 11.3 Å². The lowest BCUT2D eigenvalue weighted by molar-refractivity contribution is -0.142. The van der Waals surface area contributed by atoms with Crippen molar-refractivity contribution in [2.45, 2.75) is 12.5 Å². The second-order valence-electron chi connectivity index (χ2n) is 4.62. The number of rotatable bonds is 5. The smallest absolute Gasteiger partial charge is 0.322 e. The van der Waals surface area contributed by atoms with Crippen LogP contribution in [0.5, 0.6) is 0 Å². The summed E-state index contributed by atoms with van der Waals surface area (Å²) in [7, 11) is 1.26. The quantitative estimate of drug-likeness (QED) is 0.859. The van der Waals surface area contributed by atoms with Crippen LogP contribution in [0.1, 0.15) is 17.5 Å². The molecule has 6 heteroatoms. The minimum atomic E-state index is -0.831. The Balaban J connectivity index is 2.38. The number of thiophene rings is 1. The second-order valence-corrected chi connectivity index (χ2v) is 5.40. The van der Waals surface area contributed by atoms with Gasteiger partial charge in [-0.05, 0) is 46.5 Å². The Kier molecular flexibility index (Phi) is 5.41. The largest absolute Gasteiger partial charge is 0.468 e. The number of halogens is 2. The van der Waals surface area contributed by atoms with E-state index in [1.54, 1.807) is 6.08 Å². The lowest BCUT2D eigenvalue weighted by Gasteiger charge is -2.10. The first-order chi connectivity index (χ1) is 10.5. The zero-order valence-electron chi connectivity index (χ0n) is 11.9. The number of carbonyl (C=O) groups is 1. The van der Waals surface area contributed by atoms with Crippen molar-refractivity contribution >= 4 is 22.9 Å². The first-order valence-corrected chi connectivity index (χ1v) is 7.48. The van der Waals surface area contributed by atoms with Crippen LogP contribution in [0.3, 0.4) is 0 Å². The van der Waals surface area contributed by atoms with E-state index in [9.17, 15) is 13.6 Å². The highest BCUT2D eigenvalue weighted by Gasteiger charge is 2.15. The number of carbonyl (C=O) groups excluding carboxylic acids is 1. The van der Waals surface area contributed by atoms with Crippen LogP contribution in [0.4, 0.5) is 8.78 Å². The maximum absolute atomic E-state index is 14.0. The molecule has 0 aliphatic carbocycles. The van der Waals surface area contributed by atoms with Gasteiger partial charge in [0, 0.05) is 11.6 Å². The molecule has 22 heavy (non-hydrogen) atoms. The van der Waals surface area contributed by atoms with Crippen molar-refractivity contribution < 1.29 is 18.3 Å². The Hall–Kier alpha value is -2.05. The standard InChI is InChI=1S/C16H15F2NO2S/c1-21-16(20)15(19)5-4-12(10-6-7-22-9-10)13-3-2-11(17)8-14(13)18/h2-4,6-9,15H,5,19H2,1H3/b12-4-. The number of hydrogen-bond donors (Lipinski definition) is 1. The van der Waals surface area contributed by atoms with Crippen LogP contribution in [0.25, 0.3) is 5.57 Å². The summed E-state index contributed by atoms with van der Waals surface area (Å²) in [6, 6.07) is 4.39. The molecule has 0 fully saturated rings. The SMILES string of the molecule is COC(=O)C(N)C/C=C(/c1ccsc1)c1ccc(F)cc1F. The molecule has 0 aliphatic heterocycles. The van der Waals surface area contributed by atoms with Gasteiger partial charge in [-0.1, -0.05) is 6.08 Å². The van der Waals surface area contributed by atoms with Crippen molar-refractivity contribution in [2.75, 3.05) is 7.11 Å². The molecule has 1 aromatic heterocycles. The summed E-state index contributed by atoms with van der Waals surface area (Å²) in [6.45, 7) is 0. The van der Waals surface area contributed by atoms with E-state index >= 15 is 0 Å². The van der Waals surface area contributed by atoms with Crippen molar-refractivity contribution in [3.8, 4) is 0 Å². The fourth-order valence-corrected chi connectivity index (χ4v) is 2.66. The van der Waals surface area contributed by atoms with Crippen LogP contribution in [-0.2, 0) is 9.53 Å². The molecule has 116 valence electrons. The third-order valence-corrected chi connectivity index (χ3v) is 3.82. The van der Waals surface area contributed by atoms with Gasteiger partial charge in [-0.15, -0.1) is 0 Å². The minimum Gasteiger partial charge on any atom is -0.468 e. The number of hydrogen-bond acceptors (Lipinski definition) is 4. The average molecular weight is 323 g/mol. The minimum absolute atomic E-state index is 0.189. The Morgan fingerprint density at radius 3 is 2.77 bits per heavy atom. The fraction of sp³-hybridized carbons (Fsp3) is 0.188. The van der Waals surface area contributed by atoms with E-state index in [0.29, 0.717) is 5.57 Å². The molecule has 2 rings (SSSR count). The van der Waals surface area contributed by atoms with E-state index in [1.165, 1.54) is 30.6 Å². The zero-order valence-corrected chi connectivity index (χ0v) is 12.7. The van der Waals surface area contributed by atoms with Crippen LogP contribution in [0.15, 0.2) is 41.1 Å². The third-order valence-electron chi connectivity index (χ3n) is 3.13. The maximum atomic E-state index is 14.0. The van der Waals surface area contributed by atoms with Crippen molar-refractivity contribution in [3.05, 3.63) is 63.9 Å². The van der Waals surface area contributed by atoms with Gasteiger partial charge in [0.15, 0.2) is 0 Å². The van der Waals surface area contributed by atoms with Gasteiger partial charge in [0.05, 0.1) is 7.11 Å². The van der Waals surface area contributed by atoms with Crippen molar-refractivity contribution in [1.29, 1.82) is 0 Å². The number of methoxy groups -OCH3 is 1. The first kappa shape index (κ1) is 16.3. The molecule has 0 aliphatic rings. The molecule has 1 atom stereocenters. The summed E-state index contributed by atoms with van der Waals surface area (Å²) in [5.74, 6) is -1.85. The topological polar surface area (TPSA) is 52.3 Å². The normalized spacial score (nSPS) is 13.0. The maximum Gasteiger partial charge on any atom is 0.322 e. The van der Waals surface area contributed by atoms with Gasteiger partial charge in [-0.25, -0.2) is 8.78 Å². The van der Waals surface area contributed by atoms with Crippen LogP contribution < -0.4 is 5.73 Å². The lowest BCUT2D eigenvalue weighted by atomic mass is 9.97. The predicted octanol–water partition coefficient (Wildman–Crippen LogP) is 3.35. The number of benzene rings is 1. The van der Waals surface area contributed by atoms with Gasteiger partial charge < -0.3 is 10.5 Å². The molecule has 2 N–H and O–H groups in total. The van der Waals surface area contributed by atoms with Gasteiger partial charge in [-0.2, -0.15) is 11.3 Å². The molecule has 1 heterocycles. The molecule has 0 saturated heterocycles. The molecule has 0 radical (unpaired) electrons. The Bertz CT molecular complexity index is 683. The summed E-state index contributed by atoms with van der Waals surface area (Å²) in [6.07, 6.45) is 1.86. The van der Waals surface area contributed by atoms with Gasteiger partial charge in [-0.3, -0.25) is 4.79 Å². The van der Waals surface area contributed by atoms with E-state index in [1.807, 2.05) is 16.8 Å². The van der Waals surface area contributed by atoms with E-state index < -0.39 is 23.6 Å². The van der Waals surface area contributed by atoms with Gasteiger partial charge in [0.2, 0.25) is 0 Å². The lowest BCUT2D eigenvalue weighted by Crippen LogP contribution is -2.30. The predicted molar refractivity (Wildman–Crippen MR) is 82.4 cm³/mol. The van der Waals surface area contributed by atoms with Gasteiger partial charge in [0.1, 0.15) is 17.7 Å². The number of esters is 1. The summed E-state index contributed by atoms with van der Waals surface area (Å²) >= 11 is 1.46. The molecule has 2 aromatic rings. The summed E-state index contributed by atoms with van der Waals surface area (Å²) in [5.41, 5.74) is 7.31. The molecule has 0 bridgehead atoms. The van der Waals surface area contributed by atoms with Crippen LogP contribution in [-0.4, -0.2) is 19.1 Å². The fourth-order valence-electron chi connectivity index (χ4n) is 2.00. The monoisotopic (exact) mass is 323 g/mol. The van der Waals surface area contributed by atoms with Crippen molar-refractivity contribution in [2.24, 2.45) is 5.73 Å². The average Bonchev–Trinajstić information content (AvgIpc) is 3.02. The number of ether oxygens (including phenoxy) is 1. The molecular formula is C16H15F2NO2S. The number of nitrogens with two attached hydrogens (primary N) is 1. The van der Waals surface area contributed by atoms with Crippen molar-refractivity contribution in [1.82, 2.24) is 0 Å². The third kappa shape index (κ3) is 3.78. The van der Waals surface area contributed by atoms with E-state index in [-0.39, 0.29) is 12.0 Å². The molecule has 1 unspecified atom stereocenters. The molecule has 0 saturated carbocycles. The summed E-state index contributed by atoms with van der Waals surface area (Å²) in [5, 5.41) is 3.70. The highest BCUT2D eigenvalue weighted by atomic mass is 32.1. The molecule has 0 amide bonds. The van der Waals surface area contributed by atoms with E-state index in [0.717, 1.165) is 11.6 Å². The Morgan fingerprint density at radius 2 is 2.18 bits per heavy atom. The summed E-state index contributed by atoms with van der Waals surface area (Å²) in [4.78, 5) is 11.4. The van der Waals surface area contributed by atoms with E-state index in [4.69, 9.17) is 5.73 Å². The Morgan fingerprint density at radius 1 is 1.41 bits per heavy atom. The summed E-state index contributed by atoms with van der Waals surface area (Å²) < 4.78 is 31.7. The first-order valence-electron chi connectivity index (χ1n) is 6.54. The molecule has 1 aromatic carbocycles. The van der Waals surface area contributed by atoms with Crippen LogP contribution in [0, 0.1) is 11.6 Å². The Labute approximate surface area is 131 Å². The van der Waals surface area contributed by atoms with Crippen LogP contribution in [0.2, 0.25) is 0 Å². The highest BCUT2D eigenvalue weighted by Crippen LogP contribution is 2.28. The van der Waals surface area contributed by atoms with Gasteiger partial charge in [0.25, 0.3) is 0 Å².